The van der Waals surface area contributed by atoms with E-state index in [-0.39, 0.29) is 0 Å². The molecular weight excluding hydrogens is 220 g/mol. The zero-order chi connectivity index (χ0) is 11.0. The molecule has 2 aliphatic rings. The largest absolute Gasteiger partial charge is 0.388 e. The van der Waals surface area contributed by atoms with Gasteiger partial charge in [-0.1, -0.05) is 6.42 Å². The minimum atomic E-state index is -0.516. The number of nitrogens with zero attached hydrogens (tertiary/aromatic N) is 2. The van der Waals surface area contributed by atoms with E-state index in [1.54, 1.807) is 11.3 Å². The Morgan fingerprint density at radius 2 is 2.44 bits per heavy atom. The fourth-order valence-electron chi connectivity index (χ4n) is 3.18. The number of hydrogen-bond donors (Lipinski definition) is 1. The highest BCUT2D eigenvalue weighted by Crippen LogP contribution is 2.37. The molecule has 16 heavy (non-hydrogen) atoms. The van der Waals surface area contributed by atoms with E-state index in [0.717, 1.165) is 30.8 Å². The first-order valence-corrected chi connectivity index (χ1v) is 7.01. The normalized spacial score (nSPS) is 35.2. The fraction of sp³-hybridized carbons (Fsp3) is 0.750. The van der Waals surface area contributed by atoms with Crippen LogP contribution in [-0.2, 0) is 6.42 Å². The van der Waals surface area contributed by atoms with Crippen LogP contribution >= 0.6 is 11.3 Å². The highest BCUT2D eigenvalue weighted by molar-refractivity contribution is 7.09. The summed E-state index contributed by atoms with van der Waals surface area (Å²) >= 11 is 1.66. The molecule has 1 aromatic rings. The molecule has 2 saturated heterocycles. The van der Waals surface area contributed by atoms with Crippen molar-refractivity contribution in [1.29, 1.82) is 0 Å². The first-order chi connectivity index (χ1) is 7.78. The van der Waals surface area contributed by atoms with E-state index < -0.39 is 5.60 Å². The molecule has 0 saturated carbocycles. The second-order valence-electron chi connectivity index (χ2n) is 5.00. The van der Waals surface area contributed by atoms with Gasteiger partial charge in [0.2, 0.25) is 0 Å². The van der Waals surface area contributed by atoms with Crippen molar-refractivity contribution in [2.24, 2.45) is 0 Å². The molecule has 2 atom stereocenters. The van der Waals surface area contributed by atoms with Gasteiger partial charge in [-0.3, -0.25) is 4.90 Å². The quantitative estimate of drug-likeness (QED) is 0.851. The summed E-state index contributed by atoms with van der Waals surface area (Å²) in [6.07, 6.45) is 7.20. The summed E-state index contributed by atoms with van der Waals surface area (Å²) in [5, 5.41) is 13.9. The smallest absolute Gasteiger partial charge is 0.0954 e. The molecule has 0 radical (unpaired) electrons. The van der Waals surface area contributed by atoms with Gasteiger partial charge in [-0.05, 0) is 25.8 Å². The lowest BCUT2D eigenvalue weighted by Gasteiger charge is -2.37. The lowest BCUT2D eigenvalue weighted by molar-refractivity contribution is -0.00888. The van der Waals surface area contributed by atoms with Crippen molar-refractivity contribution in [1.82, 2.24) is 9.88 Å². The van der Waals surface area contributed by atoms with Crippen molar-refractivity contribution in [3.05, 3.63) is 16.6 Å². The van der Waals surface area contributed by atoms with E-state index in [9.17, 15) is 5.11 Å². The average molecular weight is 238 g/mol. The number of hydrogen-bond acceptors (Lipinski definition) is 4. The zero-order valence-electron chi connectivity index (χ0n) is 9.43. The molecule has 4 heteroatoms. The van der Waals surface area contributed by atoms with Crippen LogP contribution in [0.4, 0.5) is 0 Å². The molecule has 88 valence electrons. The summed E-state index contributed by atoms with van der Waals surface area (Å²) in [5.74, 6) is 0. The van der Waals surface area contributed by atoms with Crippen molar-refractivity contribution in [3.8, 4) is 0 Å². The predicted molar refractivity (Wildman–Crippen MR) is 64.6 cm³/mol. The van der Waals surface area contributed by atoms with Gasteiger partial charge in [0.15, 0.2) is 0 Å². The Balaban J connectivity index is 1.77. The van der Waals surface area contributed by atoms with Gasteiger partial charge in [0.05, 0.1) is 10.6 Å². The SMILES string of the molecule is OC1(Cc2nccs2)CCN2CCCCC21. The van der Waals surface area contributed by atoms with Crippen LogP contribution in [0.5, 0.6) is 0 Å². The Hall–Kier alpha value is -0.450. The van der Waals surface area contributed by atoms with Crippen LogP contribution in [0.25, 0.3) is 0 Å². The van der Waals surface area contributed by atoms with E-state index in [4.69, 9.17) is 0 Å². The highest BCUT2D eigenvalue weighted by atomic mass is 32.1. The van der Waals surface area contributed by atoms with E-state index >= 15 is 0 Å². The standard InChI is InChI=1S/C12H18N2OS/c15-12(9-11-13-5-8-16-11)4-7-14-6-2-1-3-10(12)14/h5,8,10,15H,1-4,6-7,9H2. The average Bonchev–Trinajstić information content (AvgIpc) is 2.89. The van der Waals surface area contributed by atoms with Gasteiger partial charge in [-0.2, -0.15) is 0 Å². The molecule has 0 amide bonds. The number of aromatic nitrogens is 1. The Bertz CT molecular complexity index is 354. The molecule has 0 aromatic carbocycles. The fourth-order valence-corrected chi connectivity index (χ4v) is 3.91. The molecule has 2 aliphatic heterocycles. The first kappa shape index (κ1) is 10.7. The van der Waals surface area contributed by atoms with Gasteiger partial charge >= 0.3 is 0 Å². The molecule has 2 unspecified atom stereocenters. The van der Waals surface area contributed by atoms with Gasteiger partial charge in [-0.25, -0.2) is 4.98 Å². The van der Waals surface area contributed by atoms with Gasteiger partial charge in [0.25, 0.3) is 0 Å². The van der Waals surface area contributed by atoms with Crippen molar-refractivity contribution < 1.29 is 5.11 Å². The molecule has 3 nitrogen and oxygen atoms in total. The van der Waals surface area contributed by atoms with Crippen molar-refractivity contribution in [2.75, 3.05) is 13.1 Å². The summed E-state index contributed by atoms with van der Waals surface area (Å²) in [4.78, 5) is 6.77. The number of rotatable bonds is 2. The summed E-state index contributed by atoms with van der Waals surface area (Å²) < 4.78 is 0. The number of piperidine rings is 1. The summed E-state index contributed by atoms with van der Waals surface area (Å²) in [7, 11) is 0. The predicted octanol–water partition coefficient (Wildman–Crippen LogP) is 1.67. The third-order valence-electron chi connectivity index (χ3n) is 4.01. The van der Waals surface area contributed by atoms with E-state index in [2.05, 4.69) is 9.88 Å². The first-order valence-electron chi connectivity index (χ1n) is 6.13. The van der Waals surface area contributed by atoms with Gasteiger partial charge in [-0.15, -0.1) is 11.3 Å². The van der Waals surface area contributed by atoms with Crippen LogP contribution in [0.1, 0.15) is 30.7 Å². The maximum atomic E-state index is 10.8. The molecular formula is C12H18N2OS. The van der Waals surface area contributed by atoms with Gasteiger partial charge < -0.3 is 5.11 Å². The van der Waals surface area contributed by atoms with E-state index in [1.165, 1.54) is 19.4 Å². The third-order valence-corrected chi connectivity index (χ3v) is 4.79. The van der Waals surface area contributed by atoms with Crippen LogP contribution < -0.4 is 0 Å². The summed E-state index contributed by atoms with van der Waals surface area (Å²) in [6.45, 7) is 2.23. The molecule has 0 spiro atoms. The molecule has 3 rings (SSSR count). The van der Waals surface area contributed by atoms with Crippen LogP contribution in [0.3, 0.4) is 0 Å². The Morgan fingerprint density at radius 1 is 1.50 bits per heavy atom. The topological polar surface area (TPSA) is 36.4 Å². The minimum Gasteiger partial charge on any atom is -0.388 e. The number of thiazole rings is 1. The Kier molecular flexibility index (Phi) is 2.73. The lowest BCUT2D eigenvalue weighted by Crippen LogP contribution is -2.48. The van der Waals surface area contributed by atoms with Gasteiger partial charge in [0.1, 0.15) is 0 Å². The number of fused-ring (bicyclic) bond motifs is 1. The summed E-state index contributed by atoms with van der Waals surface area (Å²) in [6, 6.07) is 0.380. The Morgan fingerprint density at radius 3 is 3.25 bits per heavy atom. The Labute approximate surface area is 100 Å². The van der Waals surface area contributed by atoms with E-state index in [1.807, 2.05) is 11.6 Å². The second-order valence-corrected chi connectivity index (χ2v) is 5.98. The third kappa shape index (κ3) is 1.79. The van der Waals surface area contributed by atoms with Crippen molar-refractivity contribution >= 4 is 11.3 Å². The monoisotopic (exact) mass is 238 g/mol. The van der Waals surface area contributed by atoms with Crippen molar-refractivity contribution in [2.45, 2.75) is 43.7 Å². The highest BCUT2D eigenvalue weighted by Gasteiger charge is 2.46. The van der Waals surface area contributed by atoms with Crippen LogP contribution in [0.2, 0.25) is 0 Å². The maximum absolute atomic E-state index is 10.8. The number of aliphatic hydroxyl groups is 1. The van der Waals surface area contributed by atoms with E-state index in [0.29, 0.717) is 6.04 Å². The second kappa shape index (κ2) is 4.09. The zero-order valence-corrected chi connectivity index (χ0v) is 10.2. The summed E-state index contributed by atoms with van der Waals surface area (Å²) in [5.41, 5.74) is -0.516. The van der Waals surface area contributed by atoms with Crippen LogP contribution in [-0.4, -0.2) is 39.7 Å². The van der Waals surface area contributed by atoms with Crippen LogP contribution in [0.15, 0.2) is 11.6 Å². The molecule has 2 fully saturated rings. The van der Waals surface area contributed by atoms with Gasteiger partial charge in [0, 0.05) is 30.6 Å². The maximum Gasteiger partial charge on any atom is 0.0954 e. The molecule has 0 aliphatic carbocycles. The molecule has 1 aromatic heterocycles. The molecule has 1 N–H and O–H groups in total. The minimum absolute atomic E-state index is 0.380. The lowest BCUT2D eigenvalue weighted by atomic mass is 9.86. The molecule has 0 bridgehead atoms. The molecule has 3 heterocycles. The van der Waals surface area contributed by atoms with Crippen LogP contribution in [0, 0.1) is 0 Å². The van der Waals surface area contributed by atoms with Crippen molar-refractivity contribution in [3.63, 3.8) is 0 Å².